The van der Waals surface area contributed by atoms with Crippen molar-refractivity contribution in [1.29, 1.82) is 0 Å². The van der Waals surface area contributed by atoms with E-state index in [0.717, 1.165) is 40.9 Å². The average molecular weight is 332 g/mol. The summed E-state index contributed by atoms with van der Waals surface area (Å²) in [6.45, 7) is 5.43. The Hall–Kier alpha value is -0.190. The largest absolute Gasteiger partial charge is 0.314 e. The second-order valence-electron chi connectivity index (χ2n) is 4.50. The Kier molecular flexibility index (Phi) is 7.79. The van der Waals surface area contributed by atoms with Crippen molar-refractivity contribution in [2.75, 3.05) is 12.3 Å². The lowest BCUT2D eigenvalue weighted by atomic mass is 10.2. The second-order valence-corrected chi connectivity index (χ2v) is 6.99. The number of hydrogen-bond acceptors (Lipinski definition) is 2. The molecule has 1 N–H and O–H groups in total. The molecule has 2 nitrogen and oxygen atoms in total. The van der Waals surface area contributed by atoms with E-state index in [0.29, 0.717) is 6.04 Å². The van der Waals surface area contributed by atoms with Crippen molar-refractivity contribution in [2.45, 2.75) is 44.0 Å². The van der Waals surface area contributed by atoms with Crippen LogP contribution < -0.4 is 5.32 Å². The topological polar surface area (TPSA) is 29.1 Å². The molecule has 0 aliphatic rings. The van der Waals surface area contributed by atoms with Crippen molar-refractivity contribution in [3.8, 4) is 0 Å². The molecule has 18 heavy (non-hydrogen) atoms. The van der Waals surface area contributed by atoms with Gasteiger partial charge in [0.05, 0.1) is 10.8 Å². The maximum atomic E-state index is 12.0. The maximum Gasteiger partial charge on any atom is 0.0529 e. The number of benzene rings is 1. The molecule has 0 bridgehead atoms. The number of rotatable bonds is 8. The molecule has 0 radical (unpaired) electrons. The molecular formula is C14H22BrNOS. The fourth-order valence-corrected chi connectivity index (χ4v) is 3.09. The van der Waals surface area contributed by atoms with Gasteiger partial charge in [0.25, 0.3) is 0 Å². The van der Waals surface area contributed by atoms with E-state index in [9.17, 15) is 4.21 Å². The van der Waals surface area contributed by atoms with Crippen LogP contribution >= 0.6 is 15.9 Å². The molecule has 0 aliphatic heterocycles. The fourth-order valence-electron chi connectivity index (χ4n) is 1.72. The van der Waals surface area contributed by atoms with Crippen molar-refractivity contribution >= 4 is 26.7 Å². The molecule has 1 rings (SSSR count). The van der Waals surface area contributed by atoms with Gasteiger partial charge < -0.3 is 5.32 Å². The molecule has 2 unspecified atom stereocenters. The van der Waals surface area contributed by atoms with Gasteiger partial charge in [-0.2, -0.15) is 0 Å². The summed E-state index contributed by atoms with van der Waals surface area (Å²) < 4.78 is 13.1. The summed E-state index contributed by atoms with van der Waals surface area (Å²) in [6.07, 6.45) is 3.25. The molecule has 0 aromatic heterocycles. The predicted molar refractivity (Wildman–Crippen MR) is 82.4 cm³/mol. The maximum absolute atomic E-state index is 12.0. The van der Waals surface area contributed by atoms with E-state index in [1.54, 1.807) is 0 Å². The van der Waals surface area contributed by atoms with Crippen LogP contribution in [0.25, 0.3) is 0 Å². The Balaban J connectivity index is 2.27. The van der Waals surface area contributed by atoms with Gasteiger partial charge in [-0.15, -0.1) is 0 Å². The molecule has 1 aromatic rings. The third kappa shape index (κ3) is 6.12. The van der Waals surface area contributed by atoms with E-state index in [1.807, 2.05) is 24.3 Å². The van der Waals surface area contributed by atoms with Crippen molar-refractivity contribution in [1.82, 2.24) is 5.32 Å². The van der Waals surface area contributed by atoms with E-state index in [1.165, 1.54) is 0 Å². The Morgan fingerprint density at radius 1 is 1.33 bits per heavy atom. The lowest BCUT2D eigenvalue weighted by molar-refractivity contribution is 0.509. The monoisotopic (exact) mass is 331 g/mol. The van der Waals surface area contributed by atoms with Gasteiger partial charge in [0.15, 0.2) is 0 Å². The van der Waals surface area contributed by atoms with Crippen LogP contribution in [0.2, 0.25) is 0 Å². The fraction of sp³-hybridized carbons (Fsp3) is 0.571. The standard InChI is InChI=1S/C14H22BrNOS/c1-3-10-16-12(2)5-4-11-18(17)14-8-6-13(15)7-9-14/h6-9,12,16H,3-5,10-11H2,1-2H3. The molecule has 0 spiro atoms. The van der Waals surface area contributed by atoms with Crippen molar-refractivity contribution in [2.24, 2.45) is 0 Å². The molecule has 0 fully saturated rings. The summed E-state index contributed by atoms with van der Waals surface area (Å²) >= 11 is 3.38. The Morgan fingerprint density at radius 2 is 2.00 bits per heavy atom. The van der Waals surface area contributed by atoms with Crippen LogP contribution in [-0.2, 0) is 10.8 Å². The number of halogens is 1. The van der Waals surface area contributed by atoms with Gasteiger partial charge in [0.1, 0.15) is 0 Å². The van der Waals surface area contributed by atoms with Crippen LogP contribution in [0, 0.1) is 0 Å². The molecule has 102 valence electrons. The van der Waals surface area contributed by atoms with Crippen LogP contribution in [0.5, 0.6) is 0 Å². The van der Waals surface area contributed by atoms with Gasteiger partial charge in [-0.3, -0.25) is 4.21 Å². The van der Waals surface area contributed by atoms with Gasteiger partial charge in [-0.05, 0) is 57.0 Å². The zero-order valence-corrected chi connectivity index (χ0v) is 13.5. The summed E-state index contributed by atoms with van der Waals surface area (Å²) in [5.74, 6) is 0.750. The first-order chi connectivity index (χ1) is 8.63. The predicted octanol–water partition coefficient (Wildman–Crippen LogP) is 3.73. The van der Waals surface area contributed by atoms with Crippen LogP contribution in [0.1, 0.15) is 33.1 Å². The lowest BCUT2D eigenvalue weighted by Crippen LogP contribution is -2.26. The Bertz CT molecular complexity index is 367. The third-order valence-electron chi connectivity index (χ3n) is 2.79. The number of hydrogen-bond donors (Lipinski definition) is 1. The van der Waals surface area contributed by atoms with Gasteiger partial charge in [-0.1, -0.05) is 22.9 Å². The van der Waals surface area contributed by atoms with Gasteiger partial charge >= 0.3 is 0 Å². The quantitative estimate of drug-likeness (QED) is 0.786. The van der Waals surface area contributed by atoms with E-state index in [4.69, 9.17) is 0 Å². The molecular weight excluding hydrogens is 310 g/mol. The lowest BCUT2D eigenvalue weighted by Gasteiger charge is -2.12. The minimum absolute atomic E-state index is 0.520. The average Bonchev–Trinajstić information content (AvgIpc) is 2.37. The highest BCUT2D eigenvalue weighted by Gasteiger charge is 2.05. The summed E-state index contributed by atoms with van der Waals surface area (Å²) in [7, 11) is -0.862. The van der Waals surface area contributed by atoms with Gasteiger partial charge in [0.2, 0.25) is 0 Å². The Labute approximate surface area is 121 Å². The normalized spacial score (nSPS) is 14.4. The zero-order valence-electron chi connectivity index (χ0n) is 11.1. The summed E-state index contributed by atoms with van der Waals surface area (Å²) in [5, 5.41) is 3.45. The molecule has 1 aromatic carbocycles. The molecule has 0 aliphatic carbocycles. The van der Waals surface area contributed by atoms with Crippen LogP contribution in [-0.4, -0.2) is 22.5 Å². The van der Waals surface area contributed by atoms with Crippen molar-refractivity contribution < 1.29 is 4.21 Å². The summed E-state index contributed by atoms with van der Waals surface area (Å²) in [5.41, 5.74) is 0. The first-order valence-corrected chi connectivity index (χ1v) is 8.62. The van der Waals surface area contributed by atoms with Crippen molar-refractivity contribution in [3.63, 3.8) is 0 Å². The molecule has 4 heteroatoms. The summed E-state index contributed by atoms with van der Waals surface area (Å²) in [6, 6.07) is 8.27. The SMILES string of the molecule is CCCNC(C)CCCS(=O)c1ccc(Br)cc1. The summed E-state index contributed by atoms with van der Waals surface area (Å²) in [4.78, 5) is 0.923. The first-order valence-electron chi connectivity index (χ1n) is 6.50. The van der Waals surface area contributed by atoms with E-state index in [2.05, 4.69) is 35.1 Å². The van der Waals surface area contributed by atoms with Crippen molar-refractivity contribution in [3.05, 3.63) is 28.7 Å². The highest BCUT2D eigenvalue weighted by atomic mass is 79.9. The molecule has 0 saturated carbocycles. The molecule has 0 heterocycles. The molecule has 0 amide bonds. The highest BCUT2D eigenvalue weighted by molar-refractivity contribution is 9.10. The van der Waals surface area contributed by atoms with Gasteiger partial charge in [0, 0.05) is 21.2 Å². The van der Waals surface area contributed by atoms with E-state index >= 15 is 0 Å². The number of nitrogens with one attached hydrogen (secondary N) is 1. The highest BCUT2D eigenvalue weighted by Crippen LogP contribution is 2.14. The zero-order chi connectivity index (χ0) is 13.4. The minimum Gasteiger partial charge on any atom is -0.314 e. The van der Waals surface area contributed by atoms with Crippen LogP contribution in [0.3, 0.4) is 0 Å². The Morgan fingerprint density at radius 3 is 2.61 bits per heavy atom. The van der Waals surface area contributed by atoms with Gasteiger partial charge in [-0.25, -0.2) is 0 Å². The van der Waals surface area contributed by atoms with Crippen LogP contribution in [0.4, 0.5) is 0 Å². The van der Waals surface area contributed by atoms with Crippen LogP contribution in [0.15, 0.2) is 33.6 Å². The second kappa shape index (κ2) is 8.83. The molecule has 0 saturated heterocycles. The van der Waals surface area contributed by atoms with E-state index in [-0.39, 0.29) is 0 Å². The smallest absolute Gasteiger partial charge is 0.0529 e. The third-order valence-corrected chi connectivity index (χ3v) is 4.77. The first kappa shape index (κ1) is 15.9. The minimum atomic E-state index is -0.862. The van der Waals surface area contributed by atoms with E-state index < -0.39 is 10.8 Å². The molecule has 2 atom stereocenters.